The van der Waals surface area contributed by atoms with E-state index < -0.39 is 10.0 Å². The maximum absolute atomic E-state index is 12.6. The zero-order valence-corrected chi connectivity index (χ0v) is 14.0. The summed E-state index contributed by atoms with van der Waals surface area (Å²) in [6.45, 7) is 3.30. The fourth-order valence-corrected chi connectivity index (χ4v) is 4.67. The van der Waals surface area contributed by atoms with Gasteiger partial charge in [-0.05, 0) is 40.8 Å². The number of halogens is 1. The van der Waals surface area contributed by atoms with E-state index in [1.165, 1.54) is 23.0 Å². The molecule has 112 valence electrons. The Labute approximate surface area is 128 Å². The Hall–Kier alpha value is -0.660. The van der Waals surface area contributed by atoms with Crippen LogP contribution in [-0.4, -0.2) is 30.8 Å². The average molecular weight is 362 g/mol. The van der Waals surface area contributed by atoms with Gasteiger partial charge in [-0.25, -0.2) is 13.4 Å². The van der Waals surface area contributed by atoms with E-state index in [9.17, 15) is 8.42 Å². The molecule has 0 saturated carbocycles. The van der Waals surface area contributed by atoms with Crippen molar-refractivity contribution in [1.29, 1.82) is 0 Å². The molecule has 2 heterocycles. The number of hydrogen-bond acceptors (Lipinski definition) is 4. The average Bonchev–Trinajstić information content (AvgIpc) is 2.42. The summed E-state index contributed by atoms with van der Waals surface area (Å²) in [6.07, 6.45) is 5.68. The Morgan fingerprint density at radius 1 is 1.45 bits per heavy atom. The van der Waals surface area contributed by atoms with Crippen LogP contribution >= 0.6 is 15.9 Å². The lowest BCUT2D eigenvalue weighted by molar-refractivity contribution is 0.262. The molecule has 0 unspecified atom stereocenters. The van der Waals surface area contributed by atoms with Gasteiger partial charge in [-0.2, -0.15) is 4.31 Å². The van der Waals surface area contributed by atoms with Crippen molar-refractivity contribution in [3.63, 3.8) is 0 Å². The van der Waals surface area contributed by atoms with Gasteiger partial charge in [0.1, 0.15) is 10.7 Å². The van der Waals surface area contributed by atoms with Crippen LogP contribution in [-0.2, 0) is 10.0 Å². The zero-order chi connectivity index (χ0) is 14.8. The van der Waals surface area contributed by atoms with Gasteiger partial charge in [-0.15, -0.1) is 0 Å². The molecule has 2 N–H and O–H groups in total. The van der Waals surface area contributed by atoms with Gasteiger partial charge in [-0.3, -0.25) is 0 Å². The lowest BCUT2D eigenvalue weighted by Crippen LogP contribution is -2.38. The highest BCUT2D eigenvalue weighted by Crippen LogP contribution is 2.29. The largest absolute Gasteiger partial charge is 0.383 e. The number of anilines is 1. The molecule has 0 radical (unpaired) electrons. The number of nitrogens with zero attached hydrogens (tertiary/aromatic N) is 2. The van der Waals surface area contributed by atoms with Crippen molar-refractivity contribution in [2.75, 3.05) is 18.8 Å². The normalized spacial score (nSPS) is 18.3. The lowest BCUT2D eigenvalue weighted by Gasteiger charge is -2.31. The summed E-state index contributed by atoms with van der Waals surface area (Å²) < 4.78 is 27.4. The molecule has 1 aromatic heterocycles. The number of piperidine rings is 1. The molecule has 0 spiro atoms. The van der Waals surface area contributed by atoms with Gasteiger partial charge in [0.25, 0.3) is 0 Å². The third kappa shape index (κ3) is 3.32. The molecule has 0 aromatic carbocycles. The minimum atomic E-state index is -3.54. The Kier molecular flexibility index (Phi) is 5.04. The van der Waals surface area contributed by atoms with Gasteiger partial charge in [0.05, 0.1) is 0 Å². The molecule has 5 nitrogen and oxygen atoms in total. The topological polar surface area (TPSA) is 76.3 Å². The first-order chi connectivity index (χ1) is 9.45. The van der Waals surface area contributed by atoms with Crippen molar-refractivity contribution in [3.8, 4) is 0 Å². The number of sulfonamides is 1. The first-order valence-corrected chi connectivity index (χ1v) is 9.09. The van der Waals surface area contributed by atoms with Gasteiger partial charge in [0.2, 0.25) is 10.0 Å². The van der Waals surface area contributed by atoms with Crippen LogP contribution in [0.5, 0.6) is 0 Å². The summed E-state index contributed by atoms with van der Waals surface area (Å²) in [5.41, 5.74) is 5.72. The highest BCUT2D eigenvalue weighted by molar-refractivity contribution is 9.10. The van der Waals surface area contributed by atoms with E-state index in [0.29, 0.717) is 23.5 Å². The lowest BCUT2D eigenvalue weighted by atomic mass is 9.94. The number of rotatable bonds is 4. The Balaban J connectivity index is 2.18. The van der Waals surface area contributed by atoms with E-state index >= 15 is 0 Å². The van der Waals surface area contributed by atoms with Gasteiger partial charge in [0.15, 0.2) is 0 Å². The van der Waals surface area contributed by atoms with Crippen LogP contribution < -0.4 is 5.73 Å². The first-order valence-electron chi connectivity index (χ1n) is 6.86. The number of pyridine rings is 1. The van der Waals surface area contributed by atoms with E-state index in [1.807, 2.05) is 0 Å². The van der Waals surface area contributed by atoms with Crippen LogP contribution in [0.4, 0.5) is 5.82 Å². The molecular weight excluding hydrogens is 342 g/mol. The summed E-state index contributed by atoms with van der Waals surface area (Å²) in [4.78, 5) is 4.01. The molecule has 7 heteroatoms. The molecule has 2 rings (SSSR count). The standard InChI is InChI=1S/C13H20BrN3O2S/c1-2-3-10-4-6-17(7-5-10)20(18,19)12-8-11(14)9-16-13(12)15/h8-10H,2-7H2,1H3,(H2,15,16). The minimum absolute atomic E-state index is 0.0591. The van der Waals surface area contributed by atoms with Crippen molar-refractivity contribution < 1.29 is 8.42 Å². The number of hydrogen-bond donors (Lipinski definition) is 1. The van der Waals surface area contributed by atoms with E-state index in [4.69, 9.17) is 5.73 Å². The highest BCUT2D eigenvalue weighted by Gasteiger charge is 2.30. The number of nitrogen functional groups attached to an aromatic ring is 1. The van der Waals surface area contributed by atoms with E-state index in [-0.39, 0.29) is 10.7 Å². The number of nitrogens with two attached hydrogens (primary N) is 1. The van der Waals surface area contributed by atoms with Crippen LogP contribution in [0.2, 0.25) is 0 Å². The van der Waals surface area contributed by atoms with Gasteiger partial charge in [-0.1, -0.05) is 19.8 Å². The highest BCUT2D eigenvalue weighted by atomic mass is 79.9. The van der Waals surface area contributed by atoms with E-state index in [2.05, 4.69) is 27.8 Å². The van der Waals surface area contributed by atoms with Crippen LogP contribution in [0.25, 0.3) is 0 Å². The molecule has 1 saturated heterocycles. The van der Waals surface area contributed by atoms with Crippen molar-refractivity contribution in [2.24, 2.45) is 5.92 Å². The Morgan fingerprint density at radius 2 is 2.10 bits per heavy atom. The summed E-state index contributed by atoms with van der Waals surface area (Å²) >= 11 is 3.24. The first kappa shape index (κ1) is 15.7. The maximum atomic E-state index is 12.6. The molecule has 1 fully saturated rings. The molecule has 1 aromatic rings. The predicted molar refractivity (Wildman–Crippen MR) is 82.7 cm³/mol. The molecule has 0 amide bonds. The second-order valence-corrected chi connectivity index (χ2v) is 8.00. The molecule has 0 bridgehead atoms. The van der Waals surface area contributed by atoms with Crippen molar-refractivity contribution in [2.45, 2.75) is 37.5 Å². The summed E-state index contributed by atoms with van der Waals surface area (Å²) in [5.74, 6) is 0.702. The predicted octanol–water partition coefficient (Wildman–Crippen LogP) is 2.63. The smallest absolute Gasteiger partial charge is 0.246 e. The molecule has 20 heavy (non-hydrogen) atoms. The Morgan fingerprint density at radius 3 is 2.70 bits per heavy atom. The monoisotopic (exact) mass is 361 g/mol. The molecule has 0 atom stereocenters. The van der Waals surface area contributed by atoms with Crippen molar-refractivity contribution in [1.82, 2.24) is 9.29 Å². The molecular formula is C13H20BrN3O2S. The van der Waals surface area contributed by atoms with E-state index in [0.717, 1.165) is 19.3 Å². The van der Waals surface area contributed by atoms with Crippen molar-refractivity contribution in [3.05, 3.63) is 16.7 Å². The molecule has 1 aliphatic rings. The Bertz CT molecular complexity index is 569. The summed E-state index contributed by atoms with van der Waals surface area (Å²) in [5, 5.41) is 0. The second-order valence-electron chi connectivity index (χ2n) is 5.17. The van der Waals surface area contributed by atoms with Crippen LogP contribution in [0.3, 0.4) is 0 Å². The quantitative estimate of drug-likeness (QED) is 0.893. The maximum Gasteiger partial charge on any atom is 0.246 e. The zero-order valence-electron chi connectivity index (χ0n) is 11.5. The summed E-state index contributed by atoms with van der Waals surface area (Å²) in [7, 11) is -3.54. The third-order valence-corrected chi connectivity index (χ3v) is 6.10. The van der Waals surface area contributed by atoms with Gasteiger partial charge < -0.3 is 5.73 Å². The SMILES string of the molecule is CCCC1CCN(S(=O)(=O)c2cc(Br)cnc2N)CC1. The van der Waals surface area contributed by atoms with Crippen LogP contribution in [0, 0.1) is 5.92 Å². The minimum Gasteiger partial charge on any atom is -0.383 e. The number of aromatic nitrogens is 1. The van der Waals surface area contributed by atoms with Gasteiger partial charge in [0, 0.05) is 23.8 Å². The third-order valence-electron chi connectivity index (χ3n) is 3.74. The summed E-state index contributed by atoms with van der Waals surface area (Å²) in [6, 6.07) is 1.52. The van der Waals surface area contributed by atoms with Crippen LogP contribution in [0.15, 0.2) is 21.6 Å². The van der Waals surface area contributed by atoms with Crippen molar-refractivity contribution >= 4 is 31.8 Å². The van der Waals surface area contributed by atoms with E-state index in [1.54, 1.807) is 0 Å². The second kappa shape index (κ2) is 6.41. The van der Waals surface area contributed by atoms with Gasteiger partial charge >= 0.3 is 0 Å². The van der Waals surface area contributed by atoms with Crippen LogP contribution in [0.1, 0.15) is 32.6 Å². The molecule has 1 aliphatic heterocycles. The molecule has 0 aliphatic carbocycles. The fourth-order valence-electron chi connectivity index (χ4n) is 2.62. The fraction of sp³-hybridized carbons (Fsp3) is 0.615.